The van der Waals surface area contributed by atoms with E-state index in [1.807, 2.05) is 6.92 Å². The lowest BCUT2D eigenvalue weighted by Crippen LogP contribution is -2.53. The topological polar surface area (TPSA) is 52.6 Å². The second-order valence-electron chi connectivity index (χ2n) is 11.2. The van der Waals surface area contributed by atoms with Crippen LogP contribution in [0.4, 0.5) is 0 Å². The fourth-order valence-corrected chi connectivity index (χ4v) is 8.83. The van der Waals surface area contributed by atoms with Crippen molar-refractivity contribution in [2.75, 3.05) is 0 Å². The predicted octanol–water partition coefficient (Wildman–Crippen LogP) is 5.53. The molecule has 0 spiro atoms. The molecule has 0 N–H and O–H groups in total. The highest BCUT2D eigenvalue weighted by molar-refractivity contribution is 5.67. The van der Waals surface area contributed by atoms with Crippen molar-refractivity contribution in [3.05, 3.63) is 0 Å². The van der Waals surface area contributed by atoms with E-state index in [0.717, 1.165) is 30.6 Å². The van der Waals surface area contributed by atoms with Gasteiger partial charge in [0.25, 0.3) is 0 Å². The van der Waals surface area contributed by atoms with Crippen LogP contribution in [0.3, 0.4) is 0 Å². The first-order chi connectivity index (χ1) is 13.7. The lowest BCUT2D eigenvalue weighted by atomic mass is 9.45. The number of rotatable bonds is 3. The highest BCUT2D eigenvalue weighted by Crippen LogP contribution is 2.68. The van der Waals surface area contributed by atoms with Crippen molar-refractivity contribution in [2.45, 2.75) is 105 Å². The summed E-state index contributed by atoms with van der Waals surface area (Å²) in [5.74, 6) is 2.64. The average Bonchev–Trinajstić information content (AvgIpc) is 2.91. The summed E-state index contributed by atoms with van der Waals surface area (Å²) in [6.07, 6.45) is 11.3. The van der Waals surface area contributed by atoms with Crippen molar-refractivity contribution in [2.24, 2.45) is 40.4 Å². The van der Waals surface area contributed by atoms with E-state index in [-0.39, 0.29) is 35.5 Å². The largest absolute Gasteiger partial charge is 0.462 e. The van der Waals surface area contributed by atoms with Gasteiger partial charge >= 0.3 is 11.9 Å². The molecule has 164 valence electrons. The molecule has 29 heavy (non-hydrogen) atoms. The quantitative estimate of drug-likeness (QED) is 0.581. The maximum absolute atomic E-state index is 11.9. The fraction of sp³-hybridized carbons (Fsp3) is 0.920. The second-order valence-corrected chi connectivity index (χ2v) is 11.2. The molecule has 0 radical (unpaired) electrons. The van der Waals surface area contributed by atoms with E-state index in [9.17, 15) is 9.59 Å². The molecule has 0 unspecified atom stereocenters. The average molecular weight is 405 g/mol. The van der Waals surface area contributed by atoms with Gasteiger partial charge in [-0.15, -0.1) is 0 Å². The van der Waals surface area contributed by atoms with Crippen LogP contribution >= 0.6 is 0 Å². The van der Waals surface area contributed by atoms with Crippen molar-refractivity contribution < 1.29 is 19.1 Å². The summed E-state index contributed by atoms with van der Waals surface area (Å²) in [6, 6.07) is 0. The van der Waals surface area contributed by atoms with E-state index < -0.39 is 0 Å². The van der Waals surface area contributed by atoms with Crippen LogP contribution in [0.2, 0.25) is 0 Å². The molecule has 0 aromatic heterocycles. The van der Waals surface area contributed by atoms with Crippen LogP contribution in [0.5, 0.6) is 0 Å². The van der Waals surface area contributed by atoms with E-state index in [1.165, 1.54) is 58.8 Å². The molecule has 4 heteroatoms. The van der Waals surface area contributed by atoms with Crippen LogP contribution in [0.1, 0.15) is 92.4 Å². The Morgan fingerprint density at radius 2 is 1.66 bits per heavy atom. The minimum atomic E-state index is -0.241. The zero-order valence-corrected chi connectivity index (χ0v) is 19.0. The normalized spacial score (nSPS) is 47.3. The molecule has 4 aliphatic carbocycles. The van der Waals surface area contributed by atoms with Crippen molar-refractivity contribution in [3.63, 3.8) is 0 Å². The Bertz CT molecular complexity index is 659. The highest BCUT2D eigenvalue weighted by atomic mass is 16.6. The van der Waals surface area contributed by atoms with Crippen LogP contribution in [0.15, 0.2) is 0 Å². The van der Waals surface area contributed by atoms with Gasteiger partial charge in [0, 0.05) is 19.8 Å². The predicted molar refractivity (Wildman–Crippen MR) is 112 cm³/mol. The van der Waals surface area contributed by atoms with Crippen LogP contribution in [0.25, 0.3) is 0 Å². The molecule has 4 fully saturated rings. The second kappa shape index (κ2) is 7.57. The van der Waals surface area contributed by atoms with Gasteiger partial charge < -0.3 is 9.47 Å². The van der Waals surface area contributed by atoms with Gasteiger partial charge in [-0.1, -0.05) is 26.7 Å². The summed E-state index contributed by atoms with van der Waals surface area (Å²) in [5.41, 5.74) is 0.576. The summed E-state index contributed by atoms with van der Waals surface area (Å²) in [7, 11) is 0. The van der Waals surface area contributed by atoms with Crippen molar-refractivity contribution in [1.29, 1.82) is 0 Å². The maximum atomic E-state index is 11.9. The SMILES string of the molecule is CC(=O)O[C@H](C)[C@@H]1[C@H](OC(C)=O)C[C@@H]2[C@@H]3CC[C@H]4CCCC[C@]4(C)[C@H]3CC[C@]12C. The summed E-state index contributed by atoms with van der Waals surface area (Å²) in [6.45, 7) is 9.98. The summed E-state index contributed by atoms with van der Waals surface area (Å²) < 4.78 is 11.5. The molecule has 0 aromatic carbocycles. The third kappa shape index (κ3) is 3.43. The van der Waals surface area contributed by atoms with Gasteiger partial charge in [-0.05, 0) is 86.4 Å². The number of esters is 2. The molecule has 0 bridgehead atoms. The first-order valence-corrected chi connectivity index (χ1v) is 12.0. The van der Waals surface area contributed by atoms with Gasteiger partial charge in [0.2, 0.25) is 0 Å². The Kier molecular flexibility index (Phi) is 5.53. The van der Waals surface area contributed by atoms with Gasteiger partial charge in [0.05, 0.1) is 0 Å². The fourth-order valence-electron chi connectivity index (χ4n) is 8.83. The molecule has 0 heterocycles. The number of hydrogen-bond donors (Lipinski definition) is 0. The molecule has 4 aliphatic rings. The molecular formula is C25H40O4. The van der Waals surface area contributed by atoms with Crippen LogP contribution in [-0.2, 0) is 19.1 Å². The molecule has 0 saturated heterocycles. The molecular weight excluding hydrogens is 364 g/mol. The number of carbonyl (C=O) groups excluding carboxylic acids is 2. The Labute approximate surface area is 176 Å². The number of fused-ring (bicyclic) bond motifs is 5. The molecule has 9 atom stereocenters. The third-order valence-electron chi connectivity index (χ3n) is 9.84. The first kappa shape index (κ1) is 21.2. The Morgan fingerprint density at radius 3 is 2.34 bits per heavy atom. The molecule has 0 aliphatic heterocycles. The number of carbonyl (C=O) groups is 2. The number of ether oxygens (including phenoxy) is 2. The minimum Gasteiger partial charge on any atom is -0.462 e. The Balaban J connectivity index is 1.64. The third-order valence-corrected chi connectivity index (χ3v) is 9.84. The maximum Gasteiger partial charge on any atom is 0.302 e. The summed E-state index contributed by atoms with van der Waals surface area (Å²) in [5, 5.41) is 0. The van der Waals surface area contributed by atoms with E-state index in [0.29, 0.717) is 11.3 Å². The van der Waals surface area contributed by atoms with Crippen molar-refractivity contribution in [3.8, 4) is 0 Å². The summed E-state index contributed by atoms with van der Waals surface area (Å²) in [4.78, 5) is 23.6. The van der Waals surface area contributed by atoms with E-state index in [2.05, 4.69) is 13.8 Å². The zero-order chi connectivity index (χ0) is 21.0. The molecule has 0 aromatic rings. The lowest BCUT2D eigenvalue weighted by Gasteiger charge is -2.60. The monoisotopic (exact) mass is 404 g/mol. The van der Waals surface area contributed by atoms with Crippen molar-refractivity contribution in [1.82, 2.24) is 0 Å². The van der Waals surface area contributed by atoms with Gasteiger partial charge in [-0.25, -0.2) is 0 Å². The van der Waals surface area contributed by atoms with Gasteiger partial charge in [0.15, 0.2) is 0 Å². The van der Waals surface area contributed by atoms with Gasteiger partial charge in [-0.3, -0.25) is 9.59 Å². The standard InChI is InChI=1S/C25H40O4/c1-15(28-16(2)26)23-22(29-17(3)27)14-21-19-10-9-18-8-6-7-12-24(18,4)20(19)11-13-25(21,23)5/h15,18-23H,6-14H2,1-5H3/t15-,18-,19-,20+,21-,22-,23-,24+,25+/m1/s1. The Morgan fingerprint density at radius 1 is 0.897 bits per heavy atom. The minimum absolute atomic E-state index is 0.0774. The molecule has 4 nitrogen and oxygen atoms in total. The molecule has 0 amide bonds. The van der Waals surface area contributed by atoms with Gasteiger partial charge in [-0.2, -0.15) is 0 Å². The molecule has 4 saturated carbocycles. The lowest BCUT2D eigenvalue weighted by molar-refractivity contribution is -0.163. The van der Waals surface area contributed by atoms with Crippen LogP contribution in [0, 0.1) is 40.4 Å². The van der Waals surface area contributed by atoms with Gasteiger partial charge in [0.1, 0.15) is 12.2 Å². The van der Waals surface area contributed by atoms with Crippen molar-refractivity contribution >= 4 is 11.9 Å². The Hall–Kier alpha value is -1.06. The van der Waals surface area contributed by atoms with Crippen LogP contribution < -0.4 is 0 Å². The summed E-state index contributed by atoms with van der Waals surface area (Å²) >= 11 is 0. The van der Waals surface area contributed by atoms with E-state index >= 15 is 0 Å². The smallest absolute Gasteiger partial charge is 0.302 e. The van der Waals surface area contributed by atoms with E-state index in [4.69, 9.17) is 9.47 Å². The number of hydrogen-bond acceptors (Lipinski definition) is 4. The highest BCUT2D eigenvalue weighted by Gasteiger charge is 2.64. The molecule has 4 rings (SSSR count). The van der Waals surface area contributed by atoms with E-state index in [1.54, 1.807) is 0 Å². The zero-order valence-electron chi connectivity index (χ0n) is 19.0. The van der Waals surface area contributed by atoms with Crippen LogP contribution in [-0.4, -0.2) is 24.1 Å². The first-order valence-electron chi connectivity index (χ1n) is 12.0.